The van der Waals surface area contributed by atoms with Crippen molar-refractivity contribution in [3.63, 3.8) is 0 Å². The number of hydrogen-bond acceptors (Lipinski definition) is 5. The maximum atomic E-state index is 11.2. The Kier molecular flexibility index (Phi) is 4.42. The molecule has 0 saturated carbocycles. The molecule has 1 aromatic rings. The molecule has 0 saturated heterocycles. The Balaban J connectivity index is 2.10. The summed E-state index contributed by atoms with van der Waals surface area (Å²) in [6, 6.07) is 5.23. The van der Waals surface area contributed by atoms with Crippen molar-refractivity contribution < 1.29 is 22.1 Å². The number of primary amides is 1. The first-order valence-corrected chi connectivity index (χ1v) is 8.07. The zero-order valence-electron chi connectivity index (χ0n) is 11.2. The van der Waals surface area contributed by atoms with Crippen molar-refractivity contribution >= 4 is 16.0 Å². The first kappa shape index (κ1) is 15.0. The van der Waals surface area contributed by atoms with Gasteiger partial charge in [-0.3, -0.25) is 8.98 Å². The van der Waals surface area contributed by atoms with Gasteiger partial charge in [-0.05, 0) is 29.7 Å². The van der Waals surface area contributed by atoms with Crippen LogP contribution in [-0.2, 0) is 25.5 Å². The lowest BCUT2D eigenvalue weighted by Crippen LogP contribution is -2.20. The second kappa shape index (κ2) is 5.90. The molecule has 0 spiro atoms. The van der Waals surface area contributed by atoms with Crippen molar-refractivity contribution in [2.75, 3.05) is 19.5 Å². The first-order valence-electron chi connectivity index (χ1n) is 6.25. The average molecular weight is 299 g/mol. The Bertz CT molecular complexity index is 611. The van der Waals surface area contributed by atoms with Gasteiger partial charge in [-0.1, -0.05) is 6.07 Å². The predicted molar refractivity (Wildman–Crippen MR) is 72.8 cm³/mol. The number of fused-ring (bicyclic) bond motifs is 1. The SMILES string of the molecule is CS(=O)(=O)OCC[C@@H]1OCCc2cc(C(N)=O)ccc21. The number of hydrogen-bond donors (Lipinski definition) is 1. The van der Waals surface area contributed by atoms with Gasteiger partial charge in [-0.15, -0.1) is 0 Å². The van der Waals surface area contributed by atoms with Gasteiger partial charge in [0.25, 0.3) is 10.1 Å². The van der Waals surface area contributed by atoms with E-state index in [1.54, 1.807) is 18.2 Å². The summed E-state index contributed by atoms with van der Waals surface area (Å²) in [7, 11) is -3.44. The number of nitrogens with two attached hydrogens (primary N) is 1. The van der Waals surface area contributed by atoms with Gasteiger partial charge < -0.3 is 10.5 Å². The van der Waals surface area contributed by atoms with Crippen LogP contribution < -0.4 is 5.73 Å². The molecule has 1 heterocycles. The Labute approximate surface area is 118 Å². The van der Waals surface area contributed by atoms with E-state index in [0.29, 0.717) is 25.0 Å². The summed E-state index contributed by atoms with van der Waals surface area (Å²) in [4.78, 5) is 11.2. The molecule has 1 aliphatic rings. The number of carbonyl (C=O) groups excluding carboxylic acids is 1. The topological polar surface area (TPSA) is 95.7 Å². The molecule has 20 heavy (non-hydrogen) atoms. The van der Waals surface area contributed by atoms with Crippen LogP contribution in [0.15, 0.2) is 18.2 Å². The third kappa shape index (κ3) is 3.78. The van der Waals surface area contributed by atoms with E-state index in [1.165, 1.54) is 0 Å². The van der Waals surface area contributed by atoms with E-state index in [9.17, 15) is 13.2 Å². The average Bonchev–Trinajstić information content (AvgIpc) is 2.36. The lowest BCUT2D eigenvalue weighted by molar-refractivity contribution is 0.0282. The van der Waals surface area contributed by atoms with E-state index in [1.807, 2.05) is 0 Å². The second-order valence-corrected chi connectivity index (χ2v) is 6.35. The molecule has 1 aromatic carbocycles. The fourth-order valence-corrected chi connectivity index (χ4v) is 2.63. The Morgan fingerprint density at radius 2 is 2.25 bits per heavy atom. The molecule has 2 rings (SSSR count). The fourth-order valence-electron chi connectivity index (χ4n) is 2.24. The van der Waals surface area contributed by atoms with Crippen molar-refractivity contribution in [3.8, 4) is 0 Å². The van der Waals surface area contributed by atoms with Gasteiger partial charge in [-0.2, -0.15) is 8.42 Å². The summed E-state index contributed by atoms with van der Waals surface area (Å²) in [6.07, 6.45) is 1.94. The van der Waals surface area contributed by atoms with Crippen LogP contribution in [0, 0.1) is 0 Å². The van der Waals surface area contributed by atoms with Crippen LogP contribution in [-0.4, -0.2) is 33.8 Å². The molecular formula is C13H17NO5S. The molecule has 0 fully saturated rings. The van der Waals surface area contributed by atoms with Crippen molar-refractivity contribution in [1.82, 2.24) is 0 Å². The van der Waals surface area contributed by atoms with E-state index in [4.69, 9.17) is 14.7 Å². The zero-order chi connectivity index (χ0) is 14.8. The summed E-state index contributed by atoms with van der Waals surface area (Å²) in [5.74, 6) is -0.462. The molecule has 0 unspecified atom stereocenters. The third-order valence-corrected chi connectivity index (χ3v) is 3.74. The molecule has 0 aliphatic carbocycles. The molecule has 110 valence electrons. The molecular weight excluding hydrogens is 282 g/mol. The van der Waals surface area contributed by atoms with Crippen LogP contribution in [0.3, 0.4) is 0 Å². The minimum absolute atomic E-state index is 0.0700. The third-order valence-electron chi connectivity index (χ3n) is 3.14. The van der Waals surface area contributed by atoms with Crippen molar-refractivity contribution in [3.05, 3.63) is 34.9 Å². The number of benzene rings is 1. The Hall–Kier alpha value is -1.44. The van der Waals surface area contributed by atoms with Gasteiger partial charge in [0.15, 0.2) is 0 Å². The van der Waals surface area contributed by atoms with Crippen molar-refractivity contribution in [2.45, 2.75) is 18.9 Å². The van der Waals surface area contributed by atoms with Gasteiger partial charge in [-0.25, -0.2) is 0 Å². The van der Waals surface area contributed by atoms with Gasteiger partial charge >= 0.3 is 0 Å². The maximum absolute atomic E-state index is 11.2. The Morgan fingerprint density at radius 3 is 2.90 bits per heavy atom. The van der Waals surface area contributed by atoms with E-state index in [0.717, 1.165) is 17.4 Å². The standard InChI is InChI=1S/C13H17NO5S/c1-20(16,17)19-7-5-12-11-3-2-10(13(14)15)8-9(11)4-6-18-12/h2-3,8,12H,4-7H2,1H3,(H2,14,15)/t12-/m0/s1. The van der Waals surface area contributed by atoms with Crippen molar-refractivity contribution in [2.24, 2.45) is 5.73 Å². The monoisotopic (exact) mass is 299 g/mol. The van der Waals surface area contributed by atoms with E-state index in [-0.39, 0.29) is 12.7 Å². The normalized spacial score (nSPS) is 18.6. The van der Waals surface area contributed by atoms with Gasteiger partial charge in [0.1, 0.15) is 0 Å². The quantitative estimate of drug-likeness (QED) is 0.810. The van der Waals surface area contributed by atoms with Gasteiger partial charge in [0.05, 0.1) is 25.6 Å². The molecule has 2 N–H and O–H groups in total. The molecule has 7 heteroatoms. The van der Waals surface area contributed by atoms with Gasteiger partial charge in [0.2, 0.25) is 5.91 Å². The summed E-state index contributed by atoms with van der Waals surface area (Å²) in [5.41, 5.74) is 7.69. The highest BCUT2D eigenvalue weighted by Gasteiger charge is 2.22. The number of ether oxygens (including phenoxy) is 1. The molecule has 1 amide bonds. The van der Waals surface area contributed by atoms with Crippen LogP contribution in [0.25, 0.3) is 0 Å². The fraction of sp³-hybridized carbons (Fsp3) is 0.462. The summed E-state index contributed by atoms with van der Waals surface area (Å²) in [6.45, 7) is 0.596. The largest absolute Gasteiger partial charge is 0.373 e. The van der Waals surface area contributed by atoms with Crippen molar-refractivity contribution in [1.29, 1.82) is 0 Å². The summed E-state index contributed by atoms with van der Waals surface area (Å²) in [5, 5.41) is 0. The smallest absolute Gasteiger partial charge is 0.264 e. The molecule has 0 radical (unpaired) electrons. The molecule has 0 bridgehead atoms. The van der Waals surface area contributed by atoms with E-state index < -0.39 is 16.0 Å². The minimum Gasteiger partial charge on any atom is -0.373 e. The molecule has 1 atom stereocenters. The van der Waals surface area contributed by atoms with Crippen LogP contribution in [0.4, 0.5) is 0 Å². The summed E-state index contributed by atoms with van der Waals surface area (Å²) < 4.78 is 32.2. The van der Waals surface area contributed by atoms with E-state index >= 15 is 0 Å². The predicted octanol–water partition coefficient (Wildman–Crippen LogP) is 0.766. The molecule has 0 aromatic heterocycles. The highest BCUT2D eigenvalue weighted by Crippen LogP contribution is 2.30. The lowest BCUT2D eigenvalue weighted by atomic mass is 9.94. The first-order chi connectivity index (χ1) is 9.37. The number of amides is 1. The maximum Gasteiger partial charge on any atom is 0.264 e. The zero-order valence-corrected chi connectivity index (χ0v) is 12.0. The highest BCUT2D eigenvalue weighted by atomic mass is 32.2. The van der Waals surface area contributed by atoms with Crippen LogP contribution >= 0.6 is 0 Å². The Morgan fingerprint density at radius 1 is 1.50 bits per heavy atom. The highest BCUT2D eigenvalue weighted by molar-refractivity contribution is 7.85. The lowest BCUT2D eigenvalue weighted by Gasteiger charge is -2.26. The molecule has 1 aliphatic heterocycles. The van der Waals surface area contributed by atoms with Crippen LogP contribution in [0.1, 0.15) is 34.0 Å². The van der Waals surface area contributed by atoms with Crippen LogP contribution in [0.5, 0.6) is 0 Å². The summed E-state index contributed by atoms with van der Waals surface area (Å²) >= 11 is 0. The second-order valence-electron chi connectivity index (χ2n) is 4.70. The number of rotatable bonds is 5. The molecule has 6 nitrogen and oxygen atoms in total. The van der Waals surface area contributed by atoms with Crippen LogP contribution in [0.2, 0.25) is 0 Å². The van der Waals surface area contributed by atoms with E-state index in [2.05, 4.69) is 0 Å². The number of carbonyl (C=O) groups is 1. The minimum atomic E-state index is -3.44. The van der Waals surface area contributed by atoms with Gasteiger partial charge in [0, 0.05) is 12.0 Å².